The second-order valence-electron chi connectivity index (χ2n) is 3.74. The van der Waals surface area contributed by atoms with Gasteiger partial charge in [-0.15, -0.1) is 11.3 Å². The Labute approximate surface area is 103 Å². The van der Waals surface area contributed by atoms with Crippen LogP contribution in [-0.2, 0) is 13.6 Å². The Morgan fingerprint density at radius 1 is 1.65 bits per heavy atom. The number of nitrogens with one attached hydrogen (secondary N) is 1. The van der Waals surface area contributed by atoms with Gasteiger partial charge in [-0.3, -0.25) is 4.68 Å². The minimum atomic E-state index is -0.875. The monoisotopic (exact) mass is 251 g/mol. The van der Waals surface area contributed by atoms with Crippen molar-refractivity contribution >= 4 is 23.0 Å². The Morgan fingerprint density at radius 3 is 3.00 bits per heavy atom. The number of aromatic nitrogens is 2. The van der Waals surface area contributed by atoms with Crippen LogP contribution in [0.2, 0.25) is 0 Å². The number of carboxylic acids is 1. The number of carbonyl (C=O) groups is 1. The molecular weight excluding hydrogens is 238 g/mol. The summed E-state index contributed by atoms with van der Waals surface area (Å²) in [5, 5.41) is 18.2. The molecule has 0 amide bonds. The first-order chi connectivity index (χ1) is 8.08. The summed E-state index contributed by atoms with van der Waals surface area (Å²) < 4.78 is 1.73. The highest BCUT2D eigenvalue weighted by Crippen LogP contribution is 2.19. The Hall–Kier alpha value is -1.82. The van der Waals surface area contributed by atoms with Crippen molar-refractivity contribution in [3.8, 4) is 0 Å². The molecule has 0 saturated heterocycles. The minimum absolute atomic E-state index is 0.388. The van der Waals surface area contributed by atoms with Gasteiger partial charge >= 0.3 is 5.97 Å². The fourth-order valence-electron chi connectivity index (χ4n) is 1.63. The number of hydrogen-bond donors (Lipinski definition) is 2. The molecule has 0 unspecified atom stereocenters. The molecule has 0 aliphatic carbocycles. The third kappa shape index (κ3) is 2.47. The second kappa shape index (κ2) is 4.58. The molecule has 90 valence electrons. The molecule has 5 nitrogen and oxygen atoms in total. The van der Waals surface area contributed by atoms with Gasteiger partial charge in [0.1, 0.15) is 4.88 Å². The number of thiophene rings is 1. The summed E-state index contributed by atoms with van der Waals surface area (Å²) in [6.07, 6.45) is 1.88. The van der Waals surface area contributed by atoms with Gasteiger partial charge in [0.2, 0.25) is 0 Å². The minimum Gasteiger partial charge on any atom is -0.477 e. The SMILES string of the molecule is Cc1nn(C)cc1NCc1ccsc1C(=O)O. The normalized spacial score (nSPS) is 10.5. The van der Waals surface area contributed by atoms with E-state index in [0.717, 1.165) is 16.9 Å². The first kappa shape index (κ1) is 11.7. The van der Waals surface area contributed by atoms with E-state index in [1.54, 1.807) is 10.1 Å². The van der Waals surface area contributed by atoms with E-state index in [4.69, 9.17) is 5.11 Å². The second-order valence-corrected chi connectivity index (χ2v) is 4.65. The van der Waals surface area contributed by atoms with Gasteiger partial charge in [-0.05, 0) is 23.9 Å². The lowest BCUT2D eigenvalue weighted by Gasteiger charge is -2.04. The zero-order valence-corrected chi connectivity index (χ0v) is 10.4. The fraction of sp³-hybridized carbons (Fsp3) is 0.273. The van der Waals surface area contributed by atoms with Crippen LogP contribution in [0.4, 0.5) is 5.69 Å². The van der Waals surface area contributed by atoms with Gasteiger partial charge in [-0.1, -0.05) is 0 Å². The molecule has 17 heavy (non-hydrogen) atoms. The van der Waals surface area contributed by atoms with Crippen molar-refractivity contribution in [2.45, 2.75) is 13.5 Å². The predicted molar refractivity (Wildman–Crippen MR) is 66.6 cm³/mol. The van der Waals surface area contributed by atoms with Crippen molar-refractivity contribution < 1.29 is 9.90 Å². The number of anilines is 1. The summed E-state index contributed by atoms with van der Waals surface area (Å²) in [7, 11) is 1.85. The maximum Gasteiger partial charge on any atom is 0.346 e. The van der Waals surface area contributed by atoms with Crippen LogP contribution in [-0.4, -0.2) is 20.9 Å². The lowest BCUT2D eigenvalue weighted by molar-refractivity contribution is 0.0701. The lowest BCUT2D eigenvalue weighted by Crippen LogP contribution is -2.04. The quantitative estimate of drug-likeness (QED) is 0.873. The summed E-state index contributed by atoms with van der Waals surface area (Å²) in [5.41, 5.74) is 2.63. The van der Waals surface area contributed by atoms with Crippen molar-refractivity contribution in [2.75, 3.05) is 5.32 Å². The van der Waals surface area contributed by atoms with Crippen LogP contribution in [0.3, 0.4) is 0 Å². The van der Waals surface area contributed by atoms with Crippen LogP contribution in [0.25, 0.3) is 0 Å². The number of hydrogen-bond acceptors (Lipinski definition) is 4. The molecule has 2 aromatic heterocycles. The number of aromatic carboxylic acids is 1. The van der Waals surface area contributed by atoms with Crippen LogP contribution in [0.5, 0.6) is 0 Å². The van der Waals surface area contributed by atoms with Crippen molar-refractivity contribution in [1.82, 2.24) is 9.78 Å². The van der Waals surface area contributed by atoms with Gasteiger partial charge in [-0.25, -0.2) is 4.79 Å². The molecule has 0 saturated carbocycles. The van der Waals surface area contributed by atoms with Gasteiger partial charge in [-0.2, -0.15) is 5.10 Å². The summed E-state index contributed by atoms with van der Waals surface area (Å²) in [5.74, 6) is -0.875. The van der Waals surface area contributed by atoms with Gasteiger partial charge in [0.05, 0.1) is 11.4 Å². The predicted octanol–water partition coefficient (Wildman–Crippen LogP) is 2.10. The Balaban J connectivity index is 2.10. The van der Waals surface area contributed by atoms with Crippen LogP contribution < -0.4 is 5.32 Å². The average molecular weight is 251 g/mol. The van der Waals surface area contributed by atoms with E-state index in [0.29, 0.717) is 11.4 Å². The third-order valence-corrected chi connectivity index (χ3v) is 3.37. The van der Waals surface area contributed by atoms with Crippen LogP contribution >= 0.6 is 11.3 Å². The molecule has 0 aliphatic heterocycles. The van der Waals surface area contributed by atoms with E-state index in [9.17, 15) is 4.79 Å². The molecule has 0 aliphatic rings. The largest absolute Gasteiger partial charge is 0.477 e. The molecule has 0 atom stereocenters. The Bertz CT molecular complexity index is 545. The van der Waals surface area contributed by atoms with E-state index in [1.165, 1.54) is 11.3 Å². The summed E-state index contributed by atoms with van der Waals surface area (Å²) in [4.78, 5) is 11.3. The summed E-state index contributed by atoms with van der Waals surface area (Å²) in [6.45, 7) is 2.41. The highest BCUT2D eigenvalue weighted by molar-refractivity contribution is 7.12. The maximum absolute atomic E-state index is 10.9. The molecule has 2 aromatic rings. The molecule has 2 heterocycles. The molecule has 6 heteroatoms. The van der Waals surface area contributed by atoms with Crippen LogP contribution in [0, 0.1) is 6.92 Å². The molecule has 2 rings (SSSR count). The van der Waals surface area contributed by atoms with E-state index in [2.05, 4.69) is 10.4 Å². The van der Waals surface area contributed by atoms with Crippen LogP contribution in [0.1, 0.15) is 20.9 Å². The van der Waals surface area contributed by atoms with Gasteiger partial charge in [0.25, 0.3) is 0 Å². The Morgan fingerprint density at radius 2 is 2.41 bits per heavy atom. The zero-order valence-electron chi connectivity index (χ0n) is 9.60. The van der Waals surface area contributed by atoms with Crippen molar-refractivity contribution in [3.63, 3.8) is 0 Å². The molecule has 0 radical (unpaired) electrons. The molecular formula is C11H13N3O2S. The molecule has 0 bridgehead atoms. The maximum atomic E-state index is 10.9. The number of rotatable bonds is 4. The highest BCUT2D eigenvalue weighted by Gasteiger charge is 2.11. The third-order valence-electron chi connectivity index (χ3n) is 2.42. The standard InChI is InChI=1S/C11H13N3O2S/c1-7-9(6-14(2)13-7)12-5-8-3-4-17-10(8)11(15)16/h3-4,6,12H,5H2,1-2H3,(H,15,16). The molecule has 0 aromatic carbocycles. The van der Waals surface area contributed by atoms with Gasteiger partial charge in [0, 0.05) is 19.8 Å². The highest BCUT2D eigenvalue weighted by atomic mass is 32.1. The van der Waals surface area contributed by atoms with Gasteiger partial charge < -0.3 is 10.4 Å². The Kier molecular flexibility index (Phi) is 3.14. The summed E-state index contributed by atoms with van der Waals surface area (Å²) >= 11 is 1.24. The van der Waals surface area contributed by atoms with E-state index >= 15 is 0 Å². The van der Waals surface area contributed by atoms with Crippen LogP contribution in [0.15, 0.2) is 17.6 Å². The molecule has 0 fully saturated rings. The van der Waals surface area contributed by atoms with Crippen molar-refractivity contribution in [1.29, 1.82) is 0 Å². The number of nitrogens with zero attached hydrogens (tertiary/aromatic N) is 2. The fourth-order valence-corrected chi connectivity index (χ4v) is 2.39. The van der Waals surface area contributed by atoms with E-state index < -0.39 is 5.97 Å². The molecule has 0 spiro atoms. The molecule has 2 N–H and O–H groups in total. The smallest absolute Gasteiger partial charge is 0.346 e. The first-order valence-corrected chi connectivity index (χ1v) is 5.99. The van der Waals surface area contributed by atoms with E-state index in [1.807, 2.05) is 26.2 Å². The van der Waals surface area contributed by atoms with E-state index in [-0.39, 0.29) is 0 Å². The topological polar surface area (TPSA) is 67.2 Å². The number of carboxylic acid groups (broad SMARTS) is 1. The summed E-state index contributed by atoms with van der Waals surface area (Å²) in [6, 6.07) is 1.83. The van der Waals surface area contributed by atoms with Crippen molar-refractivity contribution in [2.24, 2.45) is 7.05 Å². The zero-order chi connectivity index (χ0) is 12.4. The average Bonchev–Trinajstić information content (AvgIpc) is 2.82. The van der Waals surface area contributed by atoms with Crippen molar-refractivity contribution in [3.05, 3.63) is 33.8 Å². The first-order valence-electron chi connectivity index (χ1n) is 5.11. The van der Waals surface area contributed by atoms with Gasteiger partial charge in [0.15, 0.2) is 0 Å². The number of aryl methyl sites for hydroxylation is 2. The lowest BCUT2D eigenvalue weighted by atomic mass is 10.2.